The second-order valence-electron chi connectivity index (χ2n) is 6.31. The van der Waals surface area contributed by atoms with Crippen molar-refractivity contribution in [1.29, 1.82) is 0 Å². The molecule has 4 nitrogen and oxygen atoms in total. The van der Waals surface area contributed by atoms with Crippen LogP contribution in [0.4, 0.5) is 4.79 Å². The highest BCUT2D eigenvalue weighted by atomic mass is 16.2. The highest BCUT2D eigenvalue weighted by molar-refractivity contribution is 5.85. The van der Waals surface area contributed by atoms with Crippen LogP contribution >= 0.6 is 0 Å². The Balaban J connectivity index is 1.71. The van der Waals surface area contributed by atoms with Gasteiger partial charge >= 0.3 is 6.03 Å². The van der Waals surface area contributed by atoms with Crippen LogP contribution in [0.15, 0.2) is 18.2 Å². The lowest BCUT2D eigenvalue weighted by Crippen LogP contribution is -2.40. The Hall–Kier alpha value is -1.97. The lowest BCUT2D eigenvalue weighted by Gasteiger charge is -2.13. The summed E-state index contributed by atoms with van der Waals surface area (Å²) in [5.74, 6) is 0. The summed E-state index contributed by atoms with van der Waals surface area (Å²) in [6.07, 6.45) is 5.83. The first-order chi connectivity index (χ1) is 10.7. The van der Waals surface area contributed by atoms with Crippen LogP contribution in [0.1, 0.15) is 49.9 Å². The summed E-state index contributed by atoms with van der Waals surface area (Å²) in [6, 6.07) is 6.56. The zero-order chi connectivity index (χ0) is 15.5. The van der Waals surface area contributed by atoms with Gasteiger partial charge in [-0.25, -0.2) is 4.79 Å². The normalized spacial score (nSPS) is 15.4. The van der Waals surface area contributed by atoms with Gasteiger partial charge in [-0.1, -0.05) is 13.0 Å². The number of rotatable bonds is 4. The van der Waals surface area contributed by atoms with Gasteiger partial charge in [0.2, 0.25) is 0 Å². The third-order valence-corrected chi connectivity index (χ3v) is 4.61. The summed E-state index contributed by atoms with van der Waals surface area (Å²) < 4.78 is 0. The summed E-state index contributed by atoms with van der Waals surface area (Å²) in [5, 5.41) is 7.20. The van der Waals surface area contributed by atoms with E-state index in [9.17, 15) is 4.79 Å². The fourth-order valence-corrected chi connectivity index (χ4v) is 3.12. The van der Waals surface area contributed by atoms with Gasteiger partial charge in [0.1, 0.15) is 0 Å². The van der Waals surface area contributed by atoms with E-state index in [4.69, 9.17) is 0 Å². The molecule has 3 N–H and O–H groups in total. The molecule has 0 fully saturated rings. The topological polar surface area (TPSA) is 56.9 Å². The molecule has 1 aliphatic carbocycles. The zero-order valence-electron chi connectivity index (χ0n) is 13.5. The molecule has 1 atom stereocenters. The minimum absolute atomic E-state index is 0.0921. The van der Waals surface area contributed by atoms with E-state index >= 15 is 0 Å². The minimum atomic E-state index is -0.0921. The minimum Gasteiger partial charge on any atom is -0.358 e. The highest BCUT2D eigenvalue weighted by Crippen LogP contribution is 2.29. The molecule has 1 aromatic carbocycles. The van der Waals surface area contributed by atoms with Crippen LogP contribution in [0.5, 0.6) is 0 Å². The number of hydrogen-bond donors (Lipinski definition) is 3. The third-order valence-electron chi connectivity index (χ3n) is 4.61. The van der Waals surface area contributed by atoms with E-state index in [1.54, 1.807) is 0 Å². The van der Waals surface area contributed by atoms with Crippen LogP contribution in [-0.2, 0) is 19.4 Å². The standard InChI is InChI=1S/C18H25N3O/c1-3-12(2)20-18(22)19-11-13-8-9-17-15(10-13)14-6-4-5-7-16(14)21-17/h8-10,12,21H,3-7,11H2,1-2H3,(H2,19,20,22)/t12-/m1/s1. The van der Waals surface area contributed by atoms with E-state index < -0.39 is 0 Å². The van der Waals surface area contributed by atoms with Crippen molar-refractivity contribution in [1.82, 2.24) is 15.6 Å². The molecule has 3 rings (SSSR count). The lowest BCUT2D eigenvalue weighted by molar-refractivity contribution is 0.237. The maximum absolute atomic E-state index is 11.8. The highest BCUT2D eigenvalue weighted by Gasteiger charge is 2.15. The SMILES string of the molecule is CC[C@@H](C)NC(=O)NCc1ccc2[nH]c3c(c2c1)CCCC3. The number of carbonyl (C=O) groups excluding carboxylic acids is 1. The quantitative estimate of drug-likeness (QED) is 0.793. The van der Waals surface area contributed by atoms with Crippen LogP contribution < -0.4 is 10.6 Å². The fourth-order valence-electron chi connectivity index (χ4n) is 3.12. The predicted molar refractivity (Wildman–Crippen MR) is 90.1 cm³/mol. The van der Waals surface area contributed by atoms with Crippen molar-refractivity contribution in [2.24, 2.45) is 0 Å². The number of fused-ring (bicyclic) bond motifs is 3. The molecular weight excluding hydrogens is 274 g/mol. The number of amides is 2. The molecule has 118 valence electrons. The number of carbonyl (C=O) groups is 1. The van der Waals surface area contributed by atoms with Gasteiger partial charge < -0.3 is 15.6 Å². The molecule has 2 amide bonds. The maximum Gasteiger partial charge on any atom is 0.315 e. The Morgan fingerprint density at radius 2 is 2.14 bits per heavy atom. The molecule has 22 heavy (non-hydrogen) atoms. The van der Waals surface area contributed by atoms with E-state index in [0.717, 1.165) is 18.4 Å². The number of aryl methyl sites for hydroxylation is 2. The zero-order valence-corrected chi connectivity index (χ0v) is 13.5. The molecule has 2 aromatic rings. The Kier molecular flexibility index (Phi) is 4.36. The smallest absolute Gasteiger partial charge is 0.315 e. The molecule has 0 radical (unpaired) electrons. The monoisotopic (exact) mass is 299 g/mol. The van der Waals surface area contributed by atoms with Gasteiger partial charge in [-0.3, -0.25) is 0 Å². The largest absolute Gasteiger partial charge is 0.358 e. The molecule has 0 saturated heterocycles. The second kappa shape index (κ2) is 6.42. The van der Waals surface area contributed by atoms with Gasteiger partial charge in [-0.2, -0.15) is 0 Å². The number of benzene rings is 1. The molecule has 4 heteroatoms. The first-order valence-electron chi connectivity index (χ1n) is 8.34. The average molecular weight is 299 g/mol. The van der Waals surface area contributed by atoms with Gasteiger partial charge in [0.25, 0.3) is 0 Å². The summed E-state index contributed by atoms with van der Waals surface area (Å²) >= 11 is 0. The average Bonchev–Trinajstić information content (AvgIpc) is 2.90. The van der Waals surface area contributed by atoms with Gasteiger partial charge in [0.05, 0.1) is 0 Å². The van der Waals surface area contributed by atoms with E-state index in [-0.39, 0.29) is 12.1 Å². The number of aromatic amines is 1. The molecular formula is C18H25N3O. The first-order valence-corrected chi connectivity index (χ1v) is 8.34. The molecule has 0 aliphatic heterocycles. The maximum atomic E-state index is 11.8. The van der Waals surface area contributed by atoms with Crippen LogP contribution in [0, 0.1) is 0 Å². The Bertz CT molecular complexity index is 674. The molecule has 1 aromatic heterocycles. The van der Waals surface area contributed by atoms with Gasteiger partial charge in [-0.15, -0.1) is 0 Å². The Morgan fingerprint density at radius 1 is 1.32 bits per heavy atom. The molecule has 1 aliphatic rings. The van der Waals surface area contributed by atoms with E-state index in [2.05, 4.69) is 40.7 Å². The Labute approximate surface area is 131 Å². The van der Waals surface area contributed by atoms with Crippen molar-refractivity contribution >= 4 is 16.9 Å². The number of H-pyrrole nitrogens is 1. The third kappa shape index (κ3) is 3.11. The summed E-state index contributed by atoms with van der Waals surface area (Å²) in [4.78, 5) is 15.3. The van der Waals surface area contributed by atoms with Gasteiger partial charge in [0.15, 0.2) is 0 Å². The lowest BCUT2D eigenvalue weighted by atomic mass is 9.95. The first kappa shape index (κ1) is 14.9. The fraction of sp³-hybridized carbons (Fsp3) is 0.500. The van der Waals surface area contributed by atoms with Crippen LogP contribution in [-0.4, -0.2) is 17.1 Å². The number of hydrogen-bond acceptors (Lipinski definition) is 1. The van der Waals surface area contributed by atoms with Crippen molar-refractivity contribution in [2.75, 3.05) is 0 Å². The van der Waals surface area contributed by atoms with Crippen molar-refractivity contribution in [3.8, 4) is 0 Å². The van der Waals surface area contributed by atoms with Crippen LogP contribution in [0.3, 0.4) is 0 Å². The van der Waals surface area contributed by atoms with Crippen molar-refractivity contribution < 1.29 is 4.79 Å². The molecule has 0 unspecified atom stereocenters. The van der Waals surface area contributed by atoms with E-state index in [1.165, 1.54) is 41.4 Å². The van der Waals surface area contributed by atoms with E-state index in [0.29, 0.717) is 6.54 Å². The van der Waals surface area contributed by atoms with Crippen molar-refractivity contribution in [3.63, 3.8) is 0 Å². The predicted octanol–water partition coefficient (Wildman–Crippen LogP) is 3.64. The van der Waals surface area contributed by atoms with Gasteiger partial charge in [-0.05, 0) is 62.3 Å². The molecule has 0 bridgehead atoms. The summed E-state index contributed by atoms with van der Waals surface area (Å²) in [6.45, 7) is 4.64. The van der Waals surface area contributed by atoms with E-state index in [1.807, 2.05) is 6.92 Å². The Morgan fingerprint density at radius 3 is 2.95 bits per heavy atom. The number of aromatic nitrogens is 1. The van der Waals surface area contributed by atoms with Crippen LogP contribution in [0.25, 0.3) is 10.9 Å². The summed E-state index contributed by atoms with van der Waals surface area (Å²) in [5.41, 5.74) is 5.26. The molecule has 1 heterocycles. The van der Waals surface area contributed by atoms with Crippen molar-refractivity contribution in [2.45, 2.75) is 58.5 Å². The number of nitrogens with one attached hydrogen (secondary N) is 3. The molecule has 0 spiro atoms. The van der Waals surface area contributed by atoms with Crippen molar-refractivity contribution in [3.05, 3.63) is 35.0 Å². The summed E-state index contributed by atoms with van der Waals surface area (Å²) in [7, 11) is 0. The van der Waals surface area contributed by atoms with Crippen LogP contribution in [0.2, 0.25) is 0 Å². The number of urea groups is 1. The van der Waals surface area contributed by atoms with Gasteiger partial charge in [0, 0.05) is 29.2 Å². The second-order valence-corrected chi connectivity index (χ2v) is 6.31. The molecule has 0 saturated carbocycles.